The molecule has 1 aliphatic rings. The van der Waals surface area contributed by atoms with Crippen LogP contribution in [0.5, 0.6) is 0 Å². The minimum atomic E-state index is -0.816. The predicted octanol–water partition coefficient (Wildman–Crippen LogP) is 1.31. The van der Waals surface area contributed by atoms with E-state index in [9.17, 15) is 9.59 Å². The zero-order chi connectivity index (χ0) is 13.8. The van der Waals surface area contributed by atoms with Gasteiger partial charge in [0.1, 0.15) is 0 Å². The number of amides is 1. The van der Waals surface area contributed by atoms with E-state index < -0.39 is 12.1 Å². The number of aliphatic carboxylic acids is 1. The standard InChI is InChI=1S/C14H17NO4/c1-19-13(11-5-3-2-4-6-11)14(18)15-8-10(9-15)7-12(16)17/h2-6,10,13H,7-9H2,1H3,(H,16,17). The Kier molecular flexibility index (Phi) is 4.16. The lowest BCUT2D eigenvalue weighted by molar-refractivity contribution is -0.152. The van der Waals surface area contributed by atoms with Gasteiger partial charge in [-0.3, -0.25) is 9.59 Å². The number of carboxylic acid groups (broad SMARTS) is 1. The van der Waals surface area contributed by atoms with Gasteiger partial charge in [-0.1, -0.05) is 30.3 Å². The molecule has 1 fully saturated rings. The first-order valence-electron chi connectivity index (χ1n) is 6.20. The summed E-state index contributed by atoms with van der Waals surface area (Å²) >= 11 is 0. The van der Waals surface area contributed by atoms with E-state index in [2.05, 4.69) is 0 Å². The highest BCUT2D eigenvalue weighted by molar-refractivity contribution is 5.83. The maximum atomic E-state index is 12.2. The Hall–Kier alpha value is -1.88. The summed E-state index contributed by atoms with van der Waals surface area (Å²) < 4.78 is 5.26. The molecule has 19 heavy (non-hydrogen) atoms. The average molecular weight is 263 g/mol. The molecule has 1 aromatic rings. The van der Waals surface area contributed by atoms with Gasteiger partial charge in [-0.05, 0) is 5.56 Å². The molecule has 0 bridgehead atoms. The normalized spacial score (nSPS) is 16.8. The second-order valence-electron chi connectivity index (χ2n) is 4.73. The minimum Gasteiger partial charge on any atom is -0.481 e. The van der Waals surface area contributed by atoms with Crippen molar-refractivity contribution >= 4 is 11.9 Å². The summed E-state index contributed by atoms with van der Waals surface area (Å²) in [6, 6.07) is 9.30. The van der Waals surface area contributed by atoms with Crippen molar-refractivity contribution in [3.05, 3.63) is 35.9 Å². The van der Waals surface area contributed by atoms with Crippen LogP contribution < -0.4 is 0 Å². The highest BCUT2D eigenvalue weighted by Gasteiger charge is 2.35. The highest BCUT2D eigenvalue weighted by Crippen LogP contribution is 2.26. The van der Waals surface area contributed by atoms with Gasteiger partial charge in [0.05, 0.1) is 6.42 Å². The third kappa shape index (κ3) is 3.12. The van der Waals surface area contributed by atoms with E-state index in [1.807, 2.05) is 30.3 Å². The number of rotatable bonds is 5. The predicted molar refractivity (Wildman–Crippen MR) is 68.5 cm³/mol. The molecule has 1 N–H and O–H groups in total. The quantitative estimate of drug-likeness (QED) is 0.869. The maximum absolute atomic E-state index is 12.2. The van der Waals surface area contributed by atoms with Gasteiger partial charge in [0.2, 0.25) is 0 Å². The molecule has 1 amide bonds. The molecule has 1 aromatic carbocycles. The first kappa shape index (κ1) is 13.5. The van der Waals surface area contributed by atoms with Crippen LogP contribution in [0.15, 0.2) is 30.3 Å². The van der Waals surface area contributed by atoms with Crippen LogP contribution in [-0.4, -0.2) is 42.1 Å². The number of ether oxygens (including phenoxy) is 1. The number of hydrogen-bond donors (Lipinski definition) is 1. The SMILES string of the molecule is COC(C(=O)N1CC(CC(=O)O)C1)c1ccccc1. The summed E-state index contributed by atoms with van der Waals surface area (Å²) in [7, 11) is 1.50. The van der Waals surface area contributed by atoms with Crippen LogP contribution in [-0.2, 0) is 14.3 Å². The van der Waals surface area contributed by atoms with Crippen molar-refractivity contribution in [1.29, 1.82) is 0 Å². The van der Waals surface area contributed by atoms with Crippen LogP contribution in [0, 0.1) is 5.92 Å². The summed E-state index contributed by atoms with van der Waals surface area (Å²) in [5, 5.41) is 8.68. The van der Waals surface area contributed by atoms with E-state index in [1.54, 1.807) is 4.90 Å². The fourth-order valence-corrected chi connectivity index (χ4v) is 2.30. The lowest BCUT2D eigenvalue weighted by Gasteiger charge is -2.40. The Bertz CT molecular complexity index is 454. The molecular formula is C14H17NO4. The topological polar surface area (TPSA) is 66.8 Å². The largest absolute Gasteiger partial charge is 0.481 e. The number of methoxy groups -OCH3 is 1. The van der Waals surface area contributed by atoms with Gasteiger partial charge < -0.3 is 14.7 Å². The summed E-state index contributed by atoms with van der Waals surface area (Å²) in [6.45, 7) is 0.996. The van der Waals surface area contributed by atoms with Crippen molar-refractivity contribution in [3.63, 3.8) is 0 Å². The number of carboxylic acids is 1. The van der Waals surface area contributed by atoms with E-state index in [4.69, 9.17) is 9.84 Å². The molecule has 5 heteroatoms. The highest BCUT2D eigenvalue weighted by atomic mass is 16.5. The van der Waals surface area contributed by atoms with Crippen molar-refractivity contribution in [2.75, 3.05) is 20.2 Å². The van der Waals surface area contributed by atoms with Gasteiger partial charge >= 0.3 is 5.97 Å². The first-order valence-corrected chi connectivity index (χ1v) is 6.20. The minimum absolute atomic E-state index is 0.0646. The third-order valence-electron chi connectivity index (χ3n) is 3.29. The van der Waals surface area contributed by atoms with Crippen molar-refractivity contribution in [3.8, 4) is 0 Å². The second kappa shape index (κ2) is 5.84. The van der Waals surface area contributed by atoms with Gasteiger partial charge in [-0.2, -0.15) is 0 Å². The zero-order valence-electron chi connectivity index (χ0n) is 10.8. The summed E-state index contributed by atoms with van der Waals surface area (Å²) in [4.78, 5) is 24.5. The van der Waals surface area contributed by atoms with Crippen molar-refractivity contribution in [2.45, 2.75) is 12.5 Å². The number of benzene rings is 1. The van der Waals surface area contributed by atoms with Crippen LogP contribution in [0.2, 0.25) is 0 Å². The fourth-order valence-electron chi connectivity index (χ4n) is 2.30. The van der Waals surface area contributed by atoms with E-state index in [1.165, 1.54) is 7.11 Å². The van der Waals surface area contributed by atoms with E-state index >= 15 is 0 Å². The second-order valence-corrected chi connectivity index (χ2v) is 4.73. The van der Waals surface area contributed by atoms with E-state index in [-0.39, 0.29) is 18.2 Å². The van der Waals surface area contributed by atoms with Gasteiger partial charge in [-0.15, -0.1) is 0 Å². The molecule has 5 nitrogen and oxygen atoms in total. The first-order chi connectivity index (χ1) is 9.11. The third-order valence-corrected chi connectivity index (χ3v) is 3.29. The van der Waals surface area contributed by atoms with Gasteiger partial charge in [-0.25, -0.2) is 0 Å². The molecule has 102 valence electrons. The van der Waals surface area contributed by atoms with Crippen molar-refractivity contribution in [2.24, 2.45) is 5.92 Å². The molecule has 0 saturated carbocycles. The lowest BCUT2D eigenvalue weighted by atomic mass is 9.95. The molecule has 1 atom stereocenters. The average Bonchev–Trinajstić information content (AvgIpc) is 2.35. The molecule has 1 unspecified atom stereocenters. The summed E-state index contributed by atoms with van der Waals surface area (Å²) in [5.41, 5.74) is 0.816. The molecule has 2 rings (SSSR count). The molecule has 0 aromatic heterocycles. The molecule has 1 heterocycles. The van der Waals surface area contributed by atoms with Gasteiger partial charge in [0.15, 0.2) is 6.10 Å². The molecule has 1 aliphatic heterocycles. The van der Waals surface area contributed by atoms with Crippen LogP contribution >= 0.6 is 0 Å². The van der Waals surface area contributed by atoms with Crippen molar-refractivity contribution < 1.29 is 19.4 Å². The number of carbonyl (C=O) groups excluding carboxylic acids is 1. The molecule has 0 radical (unpaired) electrons. The lowest BCUT2D eigenvalue weighted by Crippen LogP contribution is -2.52. The van der Waals surface area contributed by atoms with Gasteiger partial charge in [0, 0.05) is 26.1 Å². The van der Waals surface area contributed by atoms with Crippen LogP contribution in [0.1, 0.15) is 18.1 Å². The Morgan fingerprint density at radius 2 is 2.00 bits per heavy atom. The van der Waals surface area contributed by atoms with Gasteiger partial charge in [0.25, 0.3) is 5.91 Å². The Morgan fingerprint density at radius 3 is 2.53 bits per heavy atom. The summed E-state index contributed by atoms with van der Waals surface area (Å²) in [5.74, 6) is -0.853. The molecule has 0 spiro atoms. The smallest absolute Gasteiger partial charge is 0.303 e. The van der Waals surface area contributed by atoms with E-state index in [0.717, 1.165) is 5.56 Å². The molecule has 0 aliphatic carbocycles. The van der Waals surface area contributed by atoms with Crippen LogP contribution in [0.3, 0.4) is 0 Å². The van der Waals surface area contributed by atoms with E-state index in [0.29, 0.717) is 13.1 Å². The Labute approximate surface area is 111 Å². The Balaban J connectivity index is 1.95. The molecule has 1 saturated heterocycles. The maximum Gasteiger partial charge on any atom is 0.303 e. The number of hydrogen-bond acceptors (Lipinski definition) is 3. The van der Waals surface area contributed by atoms with Crippen LogP contribution in [0.25, 0.3) is 0 Å². The number of nitrogens with zero attached hydrogens (tertiary/aromatic N) is 1. The monoisotopic (exact) mass is 263 g/mol. The van der Waals surface area contributed by atoms with Crippen LogP contribution in [0.4, 0.5) is 0 Å². The zero-order valence-corrected chi connectivity index (χ0v) is 10.8. The number of carbonyl (C=O) groups is 2. The van der Waals surface area contributed by atoms with Crippen molar-refractivity contribution in [1.82, 2.24) is 4.90 Å². The Morgan fingerprint density at radius 1 is 1.37 bits per heavy atom. The summed E-state index contributed by atoms with van der Waals surface area (Å²) in [6.07, 6.45) is -0.487. The number of likely N-dealkylation sites (tertiary alicyclic amines) is 1. The fraction of sp³-hybridized carbons (Fsp3) is 0.429. The molecular weight excluding hydrogens is 246 g/mol.